The number of rotatable bonds is 7. The highest BCUT2D eigenvalue weighted by molar-refractivity contribution is 5.80. The molecule has 6 nitrogen and oxygen atoms in total. The van der Waals surface area contributed by atoms with Crippen molar-refractivity contribution in [1.29, 1.82) is 0 Å². The fraction of sp³-hybridized carbons (Fsp3) is 0.818. The average molecular weight is 245 g/mol. The van der Waals surface area contributed by atoms with E-state index in [1.54, 1.807) is 0 Å². The van der Waals surface area contributed by atoms with Crippen LogP contribution in [0.4, 0.5) is 0 Å². The van der Waals surface area contributed by atoms with Crippen molar-refractivity contribution in [1.82, 2.24) is 5.32 Å². The summed E-state index contributed by atoms with van der Waals surface area (Å²) in [6.07, 6.45) is 1.65. The van der Waals surface area contributed by atoms with Crippen LogP contribution in [0.1, 0.15) is 19.3 Å². The Kier molecular flexibility index (Phi) is 5.93. The summed E-state index contributed by atoms with van der Waals surface area (Å²) in [5.41, 5.74) is 0. The summed E-state index contributed by atoms with van der Waals surface area (Å²) >= 11 is 0. The standard InChI is InChI=1S/C11H19NO5/c13-4-6-17-5-3-12-10(14)8-1-2-9(7-8)11(15)16/h8-9,13H,1-7H2,(H,12,14)(H,15,16)/t8-,9+/m1/s1. The smallest absolute Gasteiger partial charge is 0.306 e. The largest absolute Gasteiger partial charge is 0.481 e. The van der Waals surface area contributed by atoms with Crippen molar-refractivity contribution in [3.8, 4) is 0 Å². The predicted molar refractivity (Wildman–Crippen MR) is 59.4 cm³/mol. The van der Waals surface area contributed by atoms with E-state index < -0.39 is 5.97 Å². The molecule has 0 heterocycles. The van der Waals surface area contributed by atoms with Gasteiger partial charge in [-0.2, -0.15) is 0 Å². The van der Waals surface area contributed by atoms with E-state index in [-0.39, 0.29) is 31.0 Å². The maximum Gasteiger partial charge on any atom is 0.306 e. The Hall–Kier alpha value is -1.14. The fourth-order valence-electron chi connectivity index (χ4n) is 2.00. The lowest BCUT2D eigenvalue weighted by atomic mass is 10.0. The molecule has 1 saturated carbocycles. The van der Waals surface area contributed by atoms with Crippen LogP contribution in [-0.4, -0.2) is 48.5 Å². The minimum Gasteiger partial charge on any atom is -0.481 e. The number of aliphatic carboxylic acids is 1. The second-order valence-electron chi connectivity index (χ2n) is 4.17. The molecule has 1 amide bonds. The maximum atomic E-state index is 11.6. The van der Waals surface area contributed by atoms with Gasteiger partial charge >= 0.3 is 5.97 Å². The molecule has 0 aliphatic heterocycles. The van der Waals surface area contributed by atoms with Gasteiger partial charge in [0.1, 0.15) is 0 Å². The van der Waals surface area contributed by atoms with Gasteiger partial charge in [-0.1, -0.05) is 0 Å². The number of nitrogens with one attached hydrogen (secondary N) is 1. The van der Waals surface area contributed by atoms with Crippen molar-refractivity contribution in [2.75, 3.05) is 26.4 Å². The van der Waals surface area contributed by atoms with Gasteiger partial charge in [-0.25, -0.2) is 0 Å². The zero-order chi connectivity index (χ0) is 12.7. The van der Waals surface area contributed by atoms with Gasteiger partial charge < -0.3 is 20.3 Å². The Balaban J connectivity index is 2.14. The van der Waals surface area contributed by atoms with Crippen LogP contribution in [0, 0.1) is 11.8 Å². The number of carboxylic acid groups (broad SMARTS) is 1. The highest BCUT2D eigenvalue weighted by atomic mass is 16.5. The minimum atomic E-state index is -0.813. The summed E-state index contributed by atoms with van der Waals surface area (Å²) in [5.74, 6) is -1.47. The zero-order valence-corrected chi connectivity index (χ0v) is 9.72. The molecule has 0 saturated heterocycles. The lowest BCUT2D eigenvalue weighted by molar-refractivity contribution is -0.141. The number of hydrogen-bond donors (Lipinski definition) is 3. The molecular formula is C11H19NO5. The summed E-state index contributed by atoms with van der Waals surface area (Å²) in [4.78, 5) is 22.4. The van der Waals surface area contributed by atoms with E-state index >= 15 is 0 Å². The van der Waals surface area contributed by atoms with Crippen LogP contribution in [0.25, 0.3) is 0 Å². The molecule has 0 unspecified atom stereocenters. The number of carboxylic acids is 1. The second-order valence-corrected chi connectivity index (χ2v) is 4.17. The number of carbonyl (C=O) groups excluding carboxylic acids is 1. The topological polar surface area (TPSA) is 95.9 Å². The zero-order valence-electron chi connectivity index (χ0n) is 9.72. The normalized spacial score (nSPS) is 23.6. The Bertz CT molecular complexity index is 269. The molecule has 0 aromatic carbocycles. The third-order valence-electron chi connectivity index (χ3n) is 2.93. The maximum absolute atomic E-state index is 11.6. The number of aliphatic hydroxyl groups is 1. The SMILES string of the molecule is O=C(O)[C@H]1CC[C@@H](C(=O)NCCOCCO)C1. The Morgan fingerprint density at radius 2 is 1.94 bits per heavy atom. The number of hydrogen-bond acceptors (Lipinski definition) is 4. The summed E-state index contributed by atoms with van der Waals surface area (Å²) in [6.45, 7) is 0.992. The first-order valence-electron chi connectivity index (χ1n) is 5.84. The lowest BCUT2D eigenvalue weighted by Crippen LogP contribution is -2.32. The van der Waals surface area contributed by atoms with Crippen molar-refractivity contribution in [2.24, 2.45) is 11.8 Å². The van der Waals surface area contributed by atoms with Gasteiger partial charge in [-0.3, -0.25) is 9.59 Å². The van der Waals surface area contributed by atoms with E-state index in [2.05, 4.69) is 5.32 Å². The van der Waals surface area contributed by atoms with E-state index in [4.69, 9.17) is 14.9 Å². The van der Waals surface area contributed by atoms with Crippen molar-refractivity contribution < 1.29 is 24.5 Å². The first-order chi connectivity index (χ1) is 8.15. The molecule has 17 heavy (non-hydrogen) atoms. The van der Waals surface area contributed by atoms with Crippen LogP contribution in [0.3, 0.4) is 0 Å². The lowest BCUT2D eigenvalue weighted by Gasteiger charge is -2.10. The first-order valence-corrected chi connectivity index (χ1v) is 5.84. The van der Waals surface area contributed by atoms with Gasteiger partial charge in [0.25, 0.3) is 0 Å². The minimum absolute atomic E-state index is 0.0309. The molecule has 3 N–H and O–H groups in total. The monoisotopic (exact) mass is 245 g/mol. The van der Waals surface area contributed by atoms with Crippen LogP contribution >= 0.6 is 0 Å². The number of ether oxygens (including phenoxy) is 1. The second kappa shape index (κ2) is 7.24. The molecule has 6 heteroatoms. The van der Waals surface area contributed by atoms with Gasteiger partial charge in [-0.15, -0.1) is 0 Å². The van der Waals surface area contributed by atoms with Crippen LogP contribution in [-0.2, 0) is 14.3 Å². The number of aliphatic hydroxyl groups excluding tert-OH is 1. The van der Waals surface area contributed by atoms with Crippen molar-refractivity contribution in [3.05, 3.63) is 0 Å². The van der Waals surface area contributed by atoms with E-state index in [1.165, 1.54) is 0 Å². The van der Waals surface area contributed by atoms with Crippen LogP contribution in [0.2, 0.25) is 0 Å². The van der Waals surface area contributed by atoms with Crippen molar-refractivity contribution >= 4 is 11.9 Å². The molecule has 1 fully saturated rings. The molecule has 98 valence electrons. The van der Waals surface area contributed by atoms with Crippen LogP contribution in [0.5, 0.6) is 0 Å². The molecular weight excluding hydrogens is 226 g/mol. The van der Waals surface area contributed by atoms with Crippen molar-refractivity contribution in [3.63, 3.8) is 0 Å². The molecule has 1 rings (SSSR count). The summed E-state index contributed by atoms with van der Waals surface area (Å²) in [7, 11) is 0. The summed E-state index contributed by atoms with van der Waals surface area (Å²) < 4.78 is 5.00. The molecule has 0 spiro atoms. The van der Waals surface area contributed by atoms with Gasteiger partial charge in [0.2, 0.25) is 5.91 Å². The quantitative estimate of drug-likeness (QED) is 0.531. The highest BCUT2D eigenvalue weighted by Crippen LogP contribution is 2.30. The van der Waals surface area contributed by atoms with E-state index in [0.717, 1.165) is 0 Å². The fourth-order valence-corrected chi connectivity index (χ4v) is 2.00. The van der Waals surface area contributed by atoms with Crippen LogP contribution in [0.15, 0.2) is 0 Å². The molecule has 2 atom stereocenters. The van der Waals surface area contributed by atoms with Crippen molar-refractivity contribution in [2.45, 2.75) is 19.3 Å². The third-order valence-corrected chi connectivity index (χ3v) is 2.93. The molecule has 1 aliphatic carbocycles. The first kappa shape index (κ1) is 13.9. The molecule has 0 bridgehead atoms. The van der Waals surface area contributed by atoms with E-state index in [9.17, 15) is 9.59 Å². The molecule has 1 aliphatic rings. The Labute approximate surface area is 100.0 Å². The van der Waals surface area contributed by atoms with Crippen LogP contribution < -0.4 is 5.32 Å². The molecule has 0 aromatic rings. The van der Waals surface area contributed by atoms with E-state index in [0.29, 0.717) is 32.4 Å². The van der Waals surface area contributed by atoms with E-state index in [1.807, 2.05) is 0 Å². The van der Waals surface area contributed by atoms with Gasteiger partial charge in [0.15, 0.2) is 0 Å². The molecule has 0 radical (unpaired) electrons. The summed E-state index contributed by atoms with van der Waals surface area (Å²) in [6, 6.07) is 0. The molecule has 0 aromatic heterocycles. The Morgan fingerprint density at radius 1 is 1.24 bits per heavy atom. The van der Waals surface area contributed by atoms with Gasteiger partial charge in [0, 0.05) is 12.5 Å². The Morgan fingerprint density at radius 3 is 2.53 bits per heavy atom. The number of amides is 1. The van der Waals surface area contributed by atoms with Gasteiger partial charge in [-0.05, 0) is 19.3 Å². The predicted octanol–water partition coefficient (Wildman–Crippen LogP) is -0.388. The summed E-state index contributed by atoms with van der Waals surface area (Å²) in [5, 5.41) is 20.0. The number of carbonyl (C=O) groups is 2. The highest BCUT2D eigenvalue weighted by Gasteiger charge is 2.33. The van der Waals surface area contributed by atoms with Gasteiger partial charge in [0.05, 0.1) is 25.7 Å². The average Bonchev–Trinajstić information content (AvgIpc) is 2.78. The third kappa shape index (κ3) is 4.70.